The van der Waals surface area contributed by atoms with Crippen molar-refractivity contribution in [2.24, 2.45) is 0 Å². The molecule has 0 saturated heterocycles. The normalized spacial score (nSPS) is 13.3. The molecule has 0 fully saturated rings. The Morgan fingerprint density at radius 3 is 1.88 bits per heavy atom. The fraction of sp³-hybridized carbons (Fsp3) is 0.0652. The van der Waals surface area contributed by atoms with Crippen LogP contribution in [-0.2, 0) is 5.41 Å². The van der Waals surface area contributed by atoms with Crippen LogP contribution < -0.4 is 0 Å². The van der Waals surface area contributed by atoms with E-state index in [2.05, 4.69) is 170 Å². The largest absolute Gasteiger partial charge is 0.455 e. The van der Waals surface area contributed by atoms with Gasteiger partial charge in [0.25, 0.3) is 0 Å². The molecule has 0 amide bonds. The number of rotatable bonds is 4. The van der Waals surface area contributed by atoms with Crippen molar-refractivity contribution in [3.63, 3.8) is 0 Å². The van der Waals surface area contributed by atoms with Gasteiger partial charge in [-0.3, -0.25) is 4.40 Å². The van der Waals surface area contributed by atoms with E-state index in [0.717, 1.165) is 66.8 Å². The lowest BCUT2D eigenvalue weighted by atomic mass is 9.81. The average molecular weight is 629 g/mol. The van der Waals surface area contributed by atoms with Gasteiger partial charge in [-0.25, -0.2) is 4.98 Å². The van der Waals surface area contributed by atoms with Crippen LogP contribution >= 0.6 is 0 Å². The summed E-state index contributed by atoms with van der Waals surface area (Å²) in [5, 5.41) is 2.25. The molecule has 0 spiro atoms. The van der Waals surface area contributed by atoms with Crippen molar-refractivity contribution in [2.75, 3.05) is 0 Å². The first-order valence-electron chi connectivity index (χ1n) is 16.9. The Kier molecular flexibility index (Phi) is 5.92. The molecule has 0 unspecified atom stereocenters. The summed E-state index contributed by atoms with van der Waals surface area (Å²) in [6.07, 6.45) is 2.09. The molecule has 0 aliphatic heterocycles. The van der Waals surface area contributed by atoms with Crippen LogP contribution in [0.5, 0.6) is 0 Å². The molecule has 3 heteroatoms. The summed E-state index contributed by atoms with van der Waals surface area (Å²) in [6, 6.07) is 54.1. The predicted molar refractivity (Wildman–Crippen MR) is 202 cm³/mol. The van der Waals surface area contributed by atoms with Gasteiger partial charge in [0.05, 0.1) is 11.4 Å². The Bertz CT molecular complexity index is 2730. The van der Waals surface area contributed by atoms with Gasteiger partial charge < -0.3 is 4.42 Å². The van der Waals surface area contributed by atoms with Gasteiger partial charge in [-0.05, 0) is 51.6 Å². The first kappa shape index (κ1) is 27.9. The van der Waals surface area contributed by atoms with Crippen LogP contribution in [0.15, 0.2) is 162 Å². The van der Waals surface area contributed by atoms with Gasteiger partial charge in [0.2, 0.25) is 0 Å². The van der Waals surface area contributed by atoms with Crippen LogP contribution in [-0.4, -0.2) is 9.38 Å². The average Bonchev–Trinajstić information content (AvgIpc) is 3.80. The van der Waals surface area contributed by atoms with E-state index in [-0.39, 0.29) is 5.41 Å². The fourth-order valence-corrected chi connectivity index (χ4v) is 8.02. The maximum atomic E-state index is 6.87. The maximum Gasteiger partial charge on any atom is 0.143 e. The number of hydrogen-bond acceptors (Lipinski definition) is 2. The topological polar surface area (TPSA) is 30.4 Å². The quantitative estimate of drug-likeness (QED) is 0.194. The highest BCUT2D eigenvalue weighted by Gasteiger charge is 2.35. The highest BCUT2D eigenvalue weighted by Crippen LogP contribution is 2.50. The molecule has 1 aliphatic rings. The maximum absolute atomic E-state index is 6.87. The van der Waals surface area contributed by atoms with Crippen LogP contribution in [0.3, 0.4) is 0 Å². The van der Waals surface area contributed by atoms with E-state index in [9.17, 15) is 0 Å². The fourth-order valence-electron chi connectivity index (χ4n) is 8.02. The van der Waals surface area contributed by atoms with Gasteiger partial charge in [-0.15, -0.1) is 0 Å². The smallest absolute Gasteiger partial charge is 0.143 e. The van der Waals surface area contributed by atoms with E-state index < -0.39 is 0 Å². The van der Waals surface area contributed by atoms with Gasteiger partial charge in [0.1, 0.15) is 16.8 Å². The molecule has 3 nitrogen and oxygen atoms in total. The van der Waals surface area contributed by atoms with Crippen LogP contribution in [0.25, 0.3) is 83.5 Å². The van der Waals surface area contributed by atoms with Crippen LogP contribution in [0.1, 0.15) is 25.0 Å². The van der Waals surface area contributed by atoms with E-state index >= 15 is 0 Å². The Labute approximate surface area is 284 Å². The van der Waals surface area contributed by atoms with Crippen molar-refractivity contribution in [3.05, 3.63) is 169 Å². The van der Waals surface area contributed by atoms with Gasteiger partial charge in [-0.2, -0.15) is 0 Å². The number of furan rings is 1. The van der Waals surface area contributed by atoms with Gasteiger partial charge in [0.15, 0.2) is 0 Å². The van der Waals surface area contributed by atoms with E-state index in [1.807, 2.05) is 6.07 Å². The second-order valence-electron chi connectivity index (χ2n) is 13.6. The number of aromatic nitrogens is 2. The van der Waals surface area contributed by atoms with Crippen molar-refractivity contribution in [1.82, 2.24) is 9.38 Å². The predicted octanol–water partition coefficient (Wildman–Crippen LogP) is 12.2. The third kappa shape index (κ3) is 4.12. The third-order valence-electron chi connectivity index (χ3n) is 10.5. The molecule has 0 N–H and O–H groups in total. The SMILES string of the molecule is CC1(C)c2ccccc2-c2ccc(-c3cccc4c3oc3c(-c5ccc(-c6nc7ccccn7c6-c6ccccc6)cc5)cccc34)cc21. The summed E-state index contributed by atoms with van der Waals surface area (Å²) in [6.45, 7) is 4.66. The second kappa shape index (κ2) is 10.4. The molecule has 0 saturated carbocycles. The molecular weight excluding hydrogens is 597 g/mol. The third-order valence-corrected chi connectivity index (χ3v) is 10.5. The Balaban J connectivity index is 1.08. The minimum atomic E-state index is -0.0613. The number of fused-ring (bicyclic) bond motifs is 7. The standard InChI is InChI=1S/C46H32N2O/c1-46(2)39-19-7-6-14-35(39)36-26-25-32(28-40(36)46)34-16-11-18-38-37-17-10-15-33(44(37)49-45(34)38)29-21-23-30(24-22-29)42-43(31-12-4-3-5-13-31)48-27-9-8-20-41(48)47-42/h3-28H,1-2H3. The minimum Gasteiger partial charge on any atom is -0.455 e. The zero-order valence-corrected chi connectivity index (χ0v) is 27.3. The first-order chi connectivity index (χ1) is 24.1. The Hall–Kier alpha value is -6.19. The lowest BCUT2D eigenvalue weighted by Crippen LogP contribution is -2.14. The van der Waals surface area contributed by atoms with Gasteiger partial charge in [-0.1, -0.05) is 147 Å². The van der Waals surface area contributed by atoms with Crippen molar-refractivity contribution in [1.29, 1.82) is 0 Å². The van der Waals surface area contributed by atoms with E-state index in [1.54, 1.807) is 0 Å². The van der Waals surface area contributed by atoms with Gasteiger partial charge >= 0.3 is 0 Å². The Morgan fingerprint density at radius 1 is 0.490 bits per heavy atom. The molecule has 3 heterocycles. The molecule has 0 bridgehead atoms. The molecule has 1 aliphatic carbocycles. The minimum absolute atomic E-state index is 0.0613. The monoisotopic (exact) mass is 628 g/mol. The number of hydrogen-bond donors (Lipinski definition) is 0. The molecule has 0 radical (unpaired) electrons. The lowest BCUT2D eigenvalue weighted by molar-refractivity contribution is 0.660. The van der Waals surface area contributed by atoms with Crippen molar-refractivity contribution < 1.29 is 4.42 Å². The zero-order chi connectivity index (χ0) is 32.7. The van der Waals surface area contributed by atoms with Crippen LogP contribution in [0, 0.1) is 0 Å². The summed E-state index contributed by atoms with van der Waals surface area (Å²) < 4.78 is 9.05. The van der Waals surface area contributed by atoms with E-state index in [4.69, 9.17) is 9.40 Å². The van der Waals surface area contributed by atoms with Crippen LogP contribution in [0.2, 0.25) is 0 Å². The molecule has 10 rings (SSSR count). The summed E-state index contributed by atoms with van der Waals surface area (Å²) in [5.74, 6) is 0. The molecule has 6 aromatic carbocycles. The Morgan fingerprint density at radius 2 is 1.10 bits per heavy atom. The molecule has 9 aromatic rings. The highest BCUT2D eigenvalue weighted by atomic mass is 16.3. The van der Waals surface area contributed by atoms with Crippen molar-refractivity contribution in [3.8, 4) is 55.9 Å². The van der Waals surface area contributed by atoms with Gasteiger partial charge in [0, 0.05) is 44.6 Å². The number of nitrogens with zero attached hydrogens (tertiary/aromatic N) is 2. The number of imidazole rings is 1. The molecule has 49 heavy (non-hydrogen) atoms. The summed E-state index contributed by atoms with van der Waals surface area (Å²) in [7, 11) is 0. The lowest BCUT2D eigenvalue weighted by Gasteiger charge is -2.22. The summed E-state index contributed by atoms with van der Waals surface area (Å²) >= 11 is 0. The van der Waals surface area contributed by atoms with E-state index in [0.29, 0.717) is 0 Å². The highest BCUT2D eigenvalue weighted by molar-refractivity contribution is 6.13. The second-order valence-corrected chi connectivity index (χ2v) is 13.6. The summed E-state index contributed by atoms with van der Waals surface area (Å²) in [4.78, 5) is 5.07. The zero-order valence-electron chi connectivity index (χ0n) is 27.3. The molecule has 0 atom stereocenters. The van der Waals surface area contributed by atoms with Crippen molar-refractivity contribution in [2.45, 2.75) is 19.3 Å². The molecule has 3 aromatic heterocycles. The molecular formula is C46H32N2O. The molecule has 232 valence electrons. The first-order valence-corrected chi connectivity index (χ1v) is 16.9. The number of pyridine rings is 1. The number of benzene rings is 6. The number of para-hydroxylation sites is 2. The van der Waals surface area contributed by atoms with E-state index in [1.165, 1.54) is 27.8 Å². The van der Waals surface area contributed by atoms with Crippen LogP contribution in [0.4, 0.5) is 0 Å². The summed E-state index contributed by atoms with van der Waals surface area (Å²) in [5.41, 5.74) is 16.9. The van der Waals surface area contributed by atoms with Crippen molar-refractivity contribution >= 4 is 27.6 Å².